The van der Waals surface area contributed by atoms with Gasteiger partial charge in [-0.2, -0.15) is 0 Å². The maximum atomic E-state index is 7.17. The van der Waals surface area contributed by atoms with E-state index in [0.717, 1.165) is 0 Å². The Balaban J connectivity index is 0.000000419. The van der Waals surface area contributed by atoms with E-state index in [1.165, 1.54) is 44.5 Å². The minimum Gasteiger partial charge on any atom is -0.402 e. The highest BCUT2D eigenvalue weighted by atomic mass is 16.5. The van der Waals surface area contributed by atoms with Crippen molar-refractivity contribution in [3.05, 3.63) is 118 Å². The molecule has 0 saturated heterocycles. The molecule has 0 radical (unpaired) electrons. The lowest BCUT2D eigenvalue weighted by molar-refractivity contribution is 0.278. The summed E-state index contributed by atoms with van der Waals surface area (Å²) in [7, 11) is -2.17. The third-order valence-corrected chi connectivity index (χ3v) is 5.82. The molecule has 2 aromatic rings. The molecule has 0 bridgehead atoms. The number of rotatable bonds is 0. The highest BCUT2D eigenvalue weighted by Crippen LogP contribution is 2.58. The van der Waals surface area contributed by atoms with Gasteiger partial charge >= 0.3 is 7.32 Å². The van der Waals surface area contributed by atoms with Gasteiger partial charge in [-0.1, -0.05) is 85.0 Å². The van der Waals surface area contributed by atoms with Crippen molar-refractivity contribution in [3.63, 3.8) is 0 Å². The summed E-state index contributed by atoms with van der Waals surface area (Å²) >= 11 is 0. The summed E-state index contributed by atoms with van der Waals surface area (Å²) < 4.78 is 0. The van der Waals surface area contributed by atoms with Crippen LogP contribution in [0.2, 0.25) is 0 Å². The second-order valence-corrected chi connectivity index (χ2v) is 7.38. The Morgan fingerprint density at radius 3 is 1.48 bits per heavy atom. The summed E-state index contributed by atoms with van der Waals surface area (Å²) in [5.74, 6) is 0. The van der Waals surface area contributed by atoms with Crippen LogP contribution in [0, 0.1) is 5.41 Å². The first-order valence-electron chi connectivity index (χ1n) is 9.57. The van der Waals surface area contributed by atoms with Gasteiger partial charge in [0.2, 0.25) is 0 Å². The van der Waals surface area contributed by atoms with E-state index in [-0.39, 0.29) is 5.41 Å². The molecule has 29 heavy (non-hydrogen) atoms. The van der Waals surface area contributed by atoms with Crippen molar-refractivity contribution < 1.29 is 15.1 Å². The fourth-order valence-corrected chi connectivity index (χ4v) is 4.69. The van der Waals surface area contributed by atoms with Crippen LogP contribution in [-0.2, 0) is 0 Å². The average molecular weight is 378 g/mol. The molecule has 4 aliphatic carbocycles. The van der Waals surface area contributed by atoms with Gasteiger partial charge < -0.3 is 15.1 Å². The van der Waals surface area contributed by atoms with E-state index in [9.17, 15) is 0 Å². The minimum atomic E-state index is -2.17. The zero-order chi connectivity index (χ0) is 20.0. The fraction of sp³-hybridized carbons (Fsp3) is 0.0400. The molecule has 3 nitrogen and oxygen atoms in total. The Labute approximate surface area is 169 Å². The van der Waals surface area contributed by atoms with Gasteiger partial charge in [-0.3, -0.25) is 0 Å². The minimum absolute atomic E-state index is 0.161. The standard InChI is InChI=1S/C25H16.BH3O3/c1-3-9-19-17(7-1)15-23-21(19)11-5-13-25(23)14-6-12-22-20-10-4-2-8-18(20)16-24(22)25;2-1(3)4/h1-16H;2-4H. The van der Waals surface area contributed by atoms with Crippen molar-refractivity contribution in [1.29, 1.82) is 0 Å². The Morgan fingerprint density at radius 1 is 0.621 bits per heavy atom. The number of benzene rings is 2. The van der Waals surface area contributed by atoms with Crippen molar-refractivity contribution in [2.24, 2.45) is 5.41 Å². The van der Waals surface area contributed by atoms with Gasteiger partial charge in [0.25, 0.3) is 0 Å². The van der Waals surface area contributed by atoms with Crippen LogP contribution in [0.1, 0.15) is 22.3 Å². The van der Waals surface area contributed by atoms with Crippen molar-refractivity contribution in [3.8, 4) is 0 Å². The summed E-state index contributed by atoms with van der Waals surface area (Å²) in [6.07, 6.45) is 18.4. The smallest absolute Gasteiger partial charge is 0.402 e. The monoisotopic (exact) mass is 378 g/mol. The Morgan fingerprint density at radius 2 is 1.03 bits per heavy atom. The number of hydrogen-bond donors (Lipinski definition) is 3. The molecule has 1 spiro atoms. The van der Waals surface area contributed by atoms with Crippen molar-refractivity contribution in [1.82, 2.24) is 0 Å². The van der Waals surface area contributed by atoms with Gasteiger partial charge in [-0.05, 0) is 56.7 Å². The van der Waals surface area contributed by atoms with Gasteiger partial charge in [-0.25, -0.2) is 0 Å². The van der Waals surface area contributed by atoms with Crippen LogP contribution in [0.25, 0.3) is 23.3 Å². The maximum absolute atomic E-state index is 7.17. The Hall–Kier alpha value is -3.18. The van der Waals surface area contributed by atoms with E-state index in [0.29, 0.717) is 0 Å². The molecule has 4 heteroatoms. The largest absolute Gasteiger partial charge is 0.631 e. The molecule has 0 aromatic heterocycles. The second-order valence-electron chi connectivity index (χ2n) is 7.38. The predicted octanol–water partition coefficient (Wildman–Crippen LogP) is 4.02. The molecule has 0 aliphatic heterocycles. The molecular formula is C25H19BO3. The number of allylic oxidation sites excluding steroid dienone is 10. The SMILES string of the molecule is C1=CC2(C=CC=C3C2=Cc2ccccc23)C2=Cc3ccccc3C2=C1.OB(O)O. The Bertz CT molecular complexity index is 1100. The first-order chi connectivity index (χ1) is 14.1. The lowest BCUT2D eigenvalue weighted by Gasteiger charge is -2.36. The van der Waals surface area contributed by atoms with E-state index in [1.807, 2.05) is 0 Å². The third-order valence-electron chi connectivity index (χ3n) is 5.82. The highest BCUT2D eigenvalue weighted by molar-refractivity contribution is 6.30. The van der Waals surface area contributed by atoms with Crippen LogP contribution in [0.3, 0.4) is 0 Å². The molecule has 0 heterocycles. The highest BCUT2D eigenvalue weighted by Gasteiger charge is 2.43. The number of fused-ring (bicyclic) bond motifs is 8. The molecule has 4 aliphatic rings. The van der Waals surface area contributed by atoms with Gasteiger partial charge in [-0.15, -0.1) is 0 Å². The van der Waals surface area contributed by atoms with Crippen molar-refractivity contribution in [2.45, 2.75) is 0 Å². The van der Waals surface area contributed by atoms with Crippen molar-refractivity contribution >= 4 is 30.6 Å². The maximum Gasteiger partial charge on any atom is 0.631 e. The summed E-state index contributed by atoms with van der Waals surface area (Å²) in [6.45, 7) is 0. The van der Waals surface area contributed by atoms with Crippen LogP contribution in [0.4, 0.5) is 0 Å². The van der Waals surface area contributed by atoms with Crippen molar-refractivity contribution in [2.75, 3.05) is 0 Å². The molecule has 0 amide bonds. The van der Waals surface area contributed by atoms with Gasteiger partial charge in [0, 0.05) is 0 Å². The zero-order valence-corrected chi connectivity index (χ0v) is 15.7. The first kappa shape index (κ1) is 17.9. The third kappa shape index (κ3) is 2.73. The van der Waals surface area contributed by atoms with Crippen LogP contribution < -0.4 is 0 Å². The molecule has 3 N–H and O–H groups in total. The first-order valence-corrected chi connectivity index (χ1v) is 9.57. The van der Waals surface area contributed by atoms with E-state index >= 15 is 0 Å². The fourth-order valence-electron chi connectivity index (χ4n) is 4.69. The molecular weight excluding hydrogens is 359 g/mol. The molecule has 140 valence electrons. The van der Waals surface area contributed by atoms with E-state index < -0.39 is 7.32 Å². The topological polar surface area (TPSA) is 60.7 Å². The summed E-state index contributed by atoms with van der Waals surface area (Å²) in [4.78, 5) is 0. The van der Waals surface area contributed by atoms with E-state index in [1.54, 1.807) is 0 Å². The molecule has 0 fully saturated rings. The van der Waals surface area contributed by atoms with Gasteiger partial charge in [0.15, 0.2) is 0 Å². The summed E-state index contributed by atoms with van der Waals surface area (Å²) in [5, 5.41) is 21.5. The zero-order valence-electron chi connectivity index (χ0n) is 15.7. The van der Waals surface area contributed by atoms with Crippen LogP contribution in [0.5, 0.6) is 0 Å². The molecule has 0 unspecified atom stereocenters. The predicted molar refractivity (Wildman–Crippen MR) is 118 cm³/mol. The van der Waals surface area contributed by atoms with E-state index in [4.69, 9.17) is 15.1 Å². The van der Waals surface area contributed by atoms with E-state index in [2.05, 4.69) is 97.1 Å². The molecule has 6 rings (SSSR count). The number of hydrogen-bond acceptors (Lipinski definition) is 3. The van der Waals surface area contributed by atoms with Crippen LogP contribution in [-0.4, -0.2) is 22.4 Å². The molecule has 2 aromatic carbocycles. The van der Waals surface area contributed by atoms with Gasteiger partial charge in [0.05, 0.1) is 5.41 Å². The lowest BCUT2D eigenvalue weighted by atomic mass is 9.65. The Kier molecular flexibility index (Phi) is 4.14. The molecule has 0 atom stereocenters. The van der Waals surface area contributed by atoms with Gasteiger partial charge in [0.1, 0.15) is 0 Å². The summed E-state index contributed by atoms with van der Waals surface area (Å²) in [6, 6.07) is 17.4. The molecule has 0 saturated carbocycles. The second kappa shape index (κ2) is 6.71. The average Bonchev–Trinajstić information content (AvgIpc) is 3.28. The van der Waals surface area contributed by atoms with Crippen LogP contribution in [0.15, 0.2) is 96.1 Å². The normalized spacial score (nSPS) is 18.3. The quantitative estimate of drug-likeness (QED) is 0.607. The summed E-state index contributed by atoms with van der Waals surface area (Å²) in [5.41, 5.74) is 10.7. The lowest BCUT2D eigenvalue weighted by Crippen LogP contribution is -2.24. The van der Waals surface area contributed by atoms with Crippen LogP contribution >= 0.6 is 0 Å².